The van der Waals surface area contributed by atoms with Gasteiger partial charge in [0.25, 0.3) is 5.91 Å². The van der Waals surface area contributed by atoms with Gasteiger partial charge in [0, 0.05) is 12.6 Å². The summed E-state index contributed by atoms with van der Waals surface area (Å²) in [6, 6.07) is 1.52. The molecule has 1 aliphatic carbocycles. The third-order valence-corrected chi connectivity index (χ3v) is 7.69. The van der Waals surface area contributed by atoms with Crippen molar-refractivity contribution >= 4 is 33.4 Å². The zero-order valence-electron chi connectivity index (χ0n) is 17.3. The summed E-state index contributed by atoms with van der Waals surface area (Å²) in [5.74, 6) is -1.33. The SMILES string of the molecule is CC(C)(C)OC(=O)N1C[C@H](S(=O)(=O)c2ccc(F)cc2Cl)C[C@H]1C(=O)N(C#N)C1CC1. The normalized spacial score (nSPS) is 21.5. The van der Waals surface area contributed by atoms with E-state index in [2.05, 4.69) is 0 Å². The number of nitrogens with zero attached hydrogens (tertiary/aromatic N) is 3. The quantitative estimate of drug-likeness (QED) is 0.379. The Kier molecular flexibility index (Phi) is 6.22. The van der Waals surface area contributed by atoms with Gasteiger partial charge in [0.2, 0.25) is 0 Å². The molecule has 0 aromatic heterocycles. The molecule has 2 atom stereocenters. The van der Waals surface area contributed by atoms with Crippen LogP contribution in [0.15, 0.2) is 23.1 Å². The number of hydrogen-bond acceptors (Lipinski definition) is 6. The highest BCUT2D eigenvalue weighted by Crippen LogP contribution is 2.35. The van der Waals surface area contributed by atoms with E-state index in [1.807, 2.05) is 6.19 Å². The third-order valence-electron chi connectivity index (χ3n) is 5.07. The van der Waals surface area contributed by atoms with Crippen LogP contribution in [0.25, 0.3) is 0 Å². The monoisotopic (exact) mass is 471 g/mol. The number of rotatable bonds is 4. The first-order chi connectivity index (χ1) is 14.3. The number of sulfone groups is 1. The van der Waals surface area contributed by atoms with Crippen molar-refractivity contribution < 1.29 is 27.1 Å². The Morgan fingerprint density at radius 1 is 1.32 bits per heavy atom. The molecular weight excluding hydrogens is 449 g/mol. The number of hydrogen-bond donors (Lipinski definition) is 0. The second-order valence-electron chi connectivity index (χ2n) is 8.67. The van der Waals surface area contributed by atoms with E-state index in [0.717, 1.165) is 28.0 Å². The van der Waals surface area contributed by atoms with Gasteiger partial charge in [0.05, 0.1) is 15.2 Å². The summed E-state index contributed by atoms with van der Waals surface area (Å²) in [5.41, 5.74) is -0.868. The first kappa shape index (κ1) is 23.3. The fraction of sp³-hybridized carbons (Fsp3) is 0.550. The molecule has 31 heavy (non-hydrogen) atoms. The summed E-state index contributed by atoms with van der Waals surface area (Å²) in [6.45, 7) is 4.63. The Labute approximate surface area is 185 Å². The summed E-state index contributed by atoms with van der Waals surface area (Å²) in [5, 5.41) is 7.94. The van der Waals surface area contributed by atoms with Gasteiger partial charge in [-0.05, 0) is 58.2 Å². The minimum atomic E-state index is -4.10. The maximum atomic E-state index is 13.4. The molecule has 1 saturated carbocycles. The largest absolute Gasteiger partial charge is 0.444 e. The molecule has 1 aromatic carbocycles. The van der Waals surface area contributed by atoms with E-state index in [0.29, 0.717) is 12.8 Å². The number of benzene rings is 1. The first-order valence-corrected chi connectivity index (χ1v) is 11.7. The molecule has 0 radical (unpaired) electrons. The molecule has 0 N–H and O–H groups in total. The number of nitriles is 1. The van der Waals surface area contributed by atoms with Crippen molar-refractivity contribution in [2.45, 2.75) is 67.9 Å². The smallest absolute Gasteiger partial charge is 0.411 e. The van der Waals surface area contributed by atoms with Crippen LogP contribution in [0.2, 0.25) is 5.02 Å². The molecule has 11 heteroatoms. The predicted molar refractivity (Wildman–Crippen MR) is 109 cm³/mol. The molecule has 1 aliphatic heterocycles. The fourth-order valence-electron chi connectivity index (χ4n) is 3.47. The standard InChI is InChI=1S/C20H23ClFN3O5S/c1-20(2,3)30-19(27)24-10-14(9-16(24)18(26)25(11-23)13-5-6-13)31(28,29)17-7-4-12(22)8-15(17)21/h4,7-8,13-14,16H,5-6,9-10H2,1-3H3/t14-,16+/m1/s1. The van der Waals surface area contributed by atoms with Crippen LogP contribution in [0.1, 0.15) is 40.0 Å². The third kappa shape index (κ3) is 4.93. The van der Waals surface area contributed by atoms with Crippen LogP contribution < -0.4 is 0 Å². The number of ether oxygens (including phenoxy) is 1. The summed E-state index contributed by atoms with van der Waals surface area (Å²) < 4.78 is 45.1. The lowest BCUT2D eigenvalue weighted by atomic mass is 10.2. The van der Waals surface area contributed by atoms with Gasteiger partial charge in [-0.1, -0.05) is 11.6 Å². The summed E-state index contributed by atoms with van der Waals surface area (Å²) >= 11 is 5.96. The number of amides is 2. The van der Waals surface area contributed by atoms with Crippen molar-refractivity contribution in [2.75, 3.05) is 6.54 Å². The Hall–Kier alpha value is -2.38. The molecule has 8 nitrogen and oxygen atoms in total. The van der Waals surface area contributed by atoms with E-state index in [9.17, 15) is 27.7 Å². The van der Waals surface area contributed by atoms with Gasteiger partial charge in [-0.25, -0.2) is 22.5 Å². The van der Waals surface area contributed by atoms with Crippen molar-refractivity contribution in [1.82, 2.24) is 9.80 Å². The average Bonchev–Trinajstić information content (AvgIpc) is 3.36. The highest BCUT2D eigenvalue weighted by Gasteiger charge is 2.49. The van der Waals surface area contributed by atoms with Gasteiger partial charge in [-0.3, -0.25) is 9.69 Å². The Morgan fingerprint density at radius 2 is 1.97 bits per heavy atom. The van der Waals surface area contributed by atoms with Crippen LogP contribution in [-0.4, -0.2) is 59.7 Å². The summed E-state index contributed by atoms with van der Waals surface area (Å²) in [7, 11) is -4.10. The van der Waals surface area contributed by atoms with E-state index in [1.165, 1.54) is 0 Å². The minimum Gasteiger partial charge on any atom is -0.444 e. The molecule has 1 heterocycles. The zero-order valence-corrected chi connectivity index (χ0v) is 18.9. The molecule has 0 bridgehead atoms. The van der Waals surface area contributed by atoms with E-state index >= 15 is 0 Å². The lowest BCUT2D eigenvalue weighted by Gasteiger charge is -2.29. The van der Waals surface area contributed by atoms with Gasteiger partial charge in [0.1, 0.15) is 17.5 Å². The molecule has 3 rings (SSSR count). The molecule has 1 aromatic rings. The van der Waals surface area contributed by atoms with E-state index in [1.54, 1.807) is 20.8 Å². The van der Waals surface area contributed by atoms with Crippen LogP contribution in [0, 0.1) is 17.3 Å². The number of halogens is 2. The van der Waals surface area contributed by atoms with Crippen LogP contribution in [0.3, 0.4) is 0 Å². The van der Waals surface area contributed by atoms with Crippen molar-refractivity contribution in [2.24, 2.45) is 0 Å². The van der Waals surface area contributed by atoms with Gasteiger partial charge in [-0.15, -0.1) is 0 Å². The maximum Gasteiger partial charge on any atom is 0.411 e. The van der Waals surface area contributed by atoms with Crippen LogP contribution in [0.5, 0.6) is 0 Å². The van der Waals surface area contributed by atoms with Crippen molar-refractivity contribution in [3.63, 3.8) is 0 Å². The van der Waals surface area contributed by atoms with Gasteiger partial charge in [0.15, 0.2) is 16.0 Å². The van der Waals surface area contributed by atoms with Crippen LogP contribution in [-0.2, 0) is 19.4 Å². The molecular formula is C20H23ClFN3O5S. The van der Waals surface area contributed by atoms with E-state index < -0.39 is 44.5 Å². The maximum absolute atomic E-state index is 13.4. The topological polar surface area (TPSA) is 108 Å². The fourth-order valence-corrected chi connectivity index (χ4v) is 5.70. The van der Waals surface area contributed by atoms with Crippen molar-refractivity contribution in [3.05, 3.63) is 29.0 Å². The van der Waals surface area contributed by atoms with Gasteiger partial charge >= 0.3 is 6.09 Å². The molecule has 168 valence electrons. The molecule has 2 amide bonds. The highest BCUT2D eigenvalue weighted by atomic mass is 35.5. The number of carbonyl (C=O) groups is 2. The van der Waals surface area contributed by atoms with E-state index in [-0.39, 0.29) is 28.9 Å². The number of carbonyl (C=O) groups excluding carboxylic acids is 2. The van der Waals surface area contributed by atoms with Crippen LogP contribution in [0.4, 0.5) is 9.18 Å². The zero-order chi connectivity index (χ0) is 23.1. The lowest BCUT2D eigenvalue weighted by molar-refractivity contribution is -0.133. The Morgan fingerprint density at radius 3 is 2.48 bits per heavy atom. The van der Waals surface area contributed by atoms with Crippen LogP contribution >= 0.6 is 11.6 Å². The van der Waals surface area contributed by atoms with Gasteiger partial charge < -0.3 is 4.74 Å². The summed E-state index contributed by atoms with van der Waals surface area (Å²) in [6.07, 6.45) is 2.12. The average molecular weight is 472 g/mol. The Bertz CT molecular complexity index is 1050. The molecule has 1 saturated heterocycles. The lowest BCUT2D eigenvalue weighted by Crippen LogP contribution is -2.48. The van der Waals surface area contributed by atoms with Crippen molar-refractivity contribution in [3.8, 4) is 6.19 Å². The molecule has 2 aliphatic rings. The summed E-state index contributed by atoms with van der Waals surface area (Å²) in [4.78, 5) is 27.6. The molecule has 2 fully saturated rings. The predicted octanol–water partition coefficient (Wildman–Crippen LogP) is 3.10. The van der Waals surface area contributed by atoms with Gasteiger partial charge in [-0.2, -0.15) is 5.26 Å². The van der Waals surface area contributed by atoms with Crippen molar-refractivity contribution in [1.29, 1.82) is 5.26 Å². The second-order valence-corrected chi connectivity index (χ2v) is 11.3. The minimum absolute atomic E-state index is 0.223. The molecule has 0 spiro atoms. The first-order valence-electron chi connectivity index (χ1n) is 9.76. The van der Waals surface area contributed by atoms with E-state index in [4.69, 9.17) is 16.3 Å². The second kappa shape index (κ2) is 8.28. The molecule has 0 unspecified atom stereocenters. The number of likely N-dealkylation sites (tertiary alicyclic amines) is 1. The Balaban J connectivity index is 1.94. The highest BCUT2D eigenvalue weighted by molar-refractivity contribution is 7.92.